The predicted octanol–water partition coefficient (Wildman–Crippen LogP) is 14.2. The zero-order chi connectivity index (χ0) is 38.8. The van der Waals surface area contributed by atoms with Crippen LogP contribution in [0.15, 0.2) is 200 Å². The molecule has 0 atom stereocenters. The highest BCUT2D eigenvalue weighted by Gasteiger charge is 2.36. The number of rotatable bonds is 6. The Kier molecular flexibility index (Phi) is 7.84. The maximum absolute atomic E-state index is 5.21. The van der Waals surface area contributed by atoms with Crippen LogP contribution < -0.4 is 0 Å². The Labute approximate surface area is 338 Å². The van der Waals surface area contributed by atoms with E-state index in [1.807, 2.05) is 24.3 Å². The first-order chi connectivity index (χ1) is 28.5. The van der Waals surface area contributed by atoms with E-state index >= 15 is 0 Å². The summed E-state index contributed by atoms with van der Waals surface area (Å²) in [6, 6.07) is 71.9. The summed E-state index contributed by atoms with van der Waals surface area (Å²) in [6.45, 7) is 4.70. The van der Waals surface area contributed by atoms with E-state index in [1.165, 1.54) is 55.3 Å². The molecule has 2 aromatic heterocycles. The van der Waals surface area contributed by atoms with Crippen LogP contribution in [0.5, 0.6) is 0 Å². The van der Waals surface area contributed by atoms with Crippen molar-refractivity contribution < 1.29 is 0 Å². The van der Waals surface area contributed by atoms with Crippen LogP contribution in [-0.4, -0.2) is 14.5 Å². The van der Waals surface area contributed by atoms with E-state index < -0.39 is 0 Å². The van der Waals surface area contributed by atoms with Gasteiger partial charge in [0, 0.05) is 38.6 Å². The molecule has 8 aromatic carbocycles. The second-order valence-electron chi connectivity index (χ2n) is 15.8. The lowest BCUT2D eigenvalue weighted by molar-refractivity contribution is 0.660. The summed E-state index contributed by atoms with van der Waals surface area (Å²) in [7, 11) is 0. The standard InChI is InChI=1S/C55H39N3/c1-55(2)47-23-13-12-21-44(47)53-43(22-14-24-48(53)55)40-27-31-51-45(33-40)46-34-41(28-32-52(46)58(51)42-29-25-37(26-30-42)36-15-6-3-7-16-36)50-35-49(38-17-8-4-9-18-38)56-54(57-50)39-19-10-5-11-20-39/h3-35H,1-2H3. The van der Waals surface area contributed by atoms with Crippen molar-refractivity contribution in [3.8, 4) is 73.0 Å². The Hall–Kier alpha value is -7.36. The van der Waals surface area contributed by atoms with E-state index in [1.54, 1.807) is 0 Å². The molecular formula is C55H39N3. The van der Waals surface area contributed by atoms with Crippen molar-refractivity contribution in [2.75, 3.05) is 0 Å². The van der Waals surface area contributed by atoms with Crippen LogP contribution in [0.1, 0.15) is 25.0 Å². The molecular weight excluding hydrogens is 703 g/mol. The molecule has 3 heteroatoms. The predicted molar refractivity (Wildman–Crippen MR) is 241 cm³/mol. The molecule has 0 bridgehead atoms. The van der Waals surface area contributed by atoms with E-state index in [0.717, 1.165) is 44.8 Å². The van der Waals surface area contributed by atoms with Crippen molar-refractivity contribution in [3.63, 3.8) is 0 Å². The van der Waals surface area contributed by atoms with Crippen LogP contribution in [0.4, 0.5) is 0 Å². The highest BCUT2D eigenvalue weighted by atomic mass is 15.0. The Bertz CT molecular complexity index is 3100. The van der Waals surface area contributed by atoms with Gasteiger partial charge in [-0.15, -0.1) is 0 Å². The third kappa shape index (κ3) is 5.50. The van der Waals surface area contributed by atoms with Crippen LogP contribution in [0.2, 0.25) is 0 Å². The molecule has 1 aliphatic rings. The minimum Gasteiger partial charge on any atom is -0.309 e. The molecule has 58 heavy (non-hydrogen) atoms. The number of hydrogen-bond donors (Lipinski definition) is 0. The molecule has 0 N–H and O–H groups in total. The number of nitrogens with zero attached hydrogens (tertiary/aromatic N) is 3. The van der Waals surface area contributed by atoms with Crippen molar-refractivity contribution in [3.05, 3.63) is 211 Å². The van der Waals surface area contributed by atoms with Gasteiger partial charge in [0.05, 0.1) is 22.4 Å². The smallest absolute Gasteiger partial charge is 0.160 e. The maximum atomic E-state index is 5.21. The monoisotopic (exact) mass is 741 g/mol. The Morgan fingerprint density at radius 1 is 0.379 bits per heavy atom. The molecule has 0 amide bonds. The summed E-state index contributed by atoms with van der Waals surface area (Å²) in [5, 5.41) is 2.38. The van der Waals surface area contributed by atoms with Gasteiger partial charge in [-0.05, 0) is 87.0 Å². The van der Waals surface area contributed by atoms with Gasteiger partial charge in [-0.3, -0.25) is 0 Å². The third-order valence-corrected chi connectivity index (χ3v) is 12.0. The third-order valence-electron chi connectivity index (χ3n) is 12.0. The normalized spacial score (nSPS) is 12.8. The first-order valence-electron chi connectivity index (χ1n) is 20.0. The minimum absolute atomic E-state index is 0.0718. The van der Waals surface area contributed by atoms with E-state index in [-0.39, 0.29) is 5.41 Å². The Morgan fingerprint density at radius 3 is 1.57 bits per heavy atom. The lowest BCUT2D eigenvalue weighted by Crippen LogP contribution is -2.14. The fourth-order valence-electron chi connectivity index (χ4n) is 9.13. The number of fused-ring (bicyclic) bond motifs is 6. The average Bonchev–Trinajstić information content (AvgIpc) is 3.74. The second kappa shape index (κ2) is 13.4. The van der Waals surface area contributed by atoms with Crippen molar-refractivity contribution in [2.24, 2.45) is 0 Å². The molecule has 11 rings (SSSR count). The number of hydrogen-bond acceptors (Lipinski definition) is 2. The highest BCUT2D eigenvalue weighted by molar-refractivity contribution is 6.12. The van der Waals surface area contributed by atoms with E-state index in [0.29, 0.717) is 5.82 Å². The molecule has 0 radical (unpaired) electrons. The van der Waals surface area contributed by atoms with Gasteiger partial charge in [-0.2, -0.15) is 0 Å². The molecule has 0 unspecified atom stereocenters. The minimum atomic E-state index is -0.0718. The summed E-state index contributed by atoms with van der Waals surface area (Å²) < 4.78 is 2.41. The van der Waals surface area contributed by atoms with E-state index in [9.17, 15) is 0 Å². The molecule has 0 aliphatic heterocycles. The average molecular weight is 742 g/mol. The van der Waals surface area contributed by atoms with E-state index in [4.69, 9.17) is 9.97 Å². The number of benzene rings is 8. The summed E-state index contributed by atoms with van der Waals surface area (Å²) in [5.74, 6) is 0.710. The van der Waals surface area contributed by atoms with Crippen LogP contribution in [0, 0.1) is 0 Å². The van der Waals surface area contributed by atoms with E-state index in [2.05, 4.69) is 194 Å². The Morgan fingerprint density at radius 2 is 0.879 bits per heavy atom. The molecule has 0 saturated carbocycles. The zero-order valence-corrected chi connectivity index (χ0v) is 32.4. The van der Waals surface area contributed by atoms with Crippen LogP contribution in [-0.2, 0) is 5.41 Å². The summed E-state index contributed by atoms with van der Waals surface area (Å²) in [5.41, 5.74) is 18.5. The van der Waals surface area contributed by atoms with Crippen molar-refractivity contribution in [2.45, 2.75) is 19.3 Å². The summed E-state index contributed by atoms with van der Waals surface area (Å²) in [4.78, 5) is 10.3. The van der Waals surface area contributed by atoms with Crippen molar-refractivity contribution in [1.29, 1.82) is 0 Å². The molecule has 2 heterocycles. The van der Waals surface area contributed by atoms with Gasteiger partial charge in [0.1, 0.15) is 0 Å². The largest absolute Gasteiger partial charge is 0.309 e. The van der Waals surface area contributed by atoms with Crippen LogP contribution >= 0.6 is 0 Å². The van der Waals surface area contributed by atoms with Crippen LogP contribution in [0.25, 0.3) is 94.8 Å². The van der Waals surface area contributed by atoms with Gasteiger partial charge < -0.3 is 4.57 Å². The second-order valence-corrected chi connectivity index (χ2v) is 15.8. The SMILES string of the molecule is CC1(C)c2ccccc2-c2c(-c3ccc4c(c3)c3cc(-c5cc(-c6ccccc6)nc(-c6ccccc6)n5)ccc3n4-c3ccc(-c4ccccc4)cc3)cccc21. The molecule has 10 aromatic rings. The molecule has 0 spiro atoms. The lowest BCUT2D eigenvalue weighted by atomic mass is 9.82. The maximum Gasteiger partial charge on any atom is 0.160 e. The molecule has 1 aliphatic carbocycles. The van der Waals surface area contributed by atoms with Gasteiger partial charge in [-0.25, -0.2) is 9.97 Å². The first-order valence-corrected chi connectivity index (χ1v) is 20.0. The lowest BCUT2D eigenvalue weighted by Gasteiger charge is -2.21. The van der Waals surface area contributed by atoms with Gasteiger partial charge in [-0.1, -0.05) is 172 Å². The van der Waals surface area contributed by atoms with Crippen LogP contribution in [0.3, 0.4) is 0 Å². The highest BCUT2D eigenvalue weighted by Crippen LogP contribution is 2.52. The van der Waals surface area contributed by atoms with Gasteiger partial charge in [0.2, 0.25) is 0 Å². The fourth-order valence-corrected chi connectivity index (χ4v) is 9.13. The van der Waals surface area contributed by atoms with Gasteiger partial charge >= 0.3 is 0 Å². The zero-order valence-electron chi connectivity index (χ0n) is 32.4. The van der Waals surface area contributed by atoms with Crippen molar-refractivity contribution >= 4 is 21.8 Å². The molecule has 274 valence electrons. The number of aromatic nitrogens is 3. The molecule has 0 saturated heterocycles. The summed E-state index contributed by atoms with van der Waals surface area (Å²) in [6.07, 6.45) is 0. The van der Waals surface area contributed by atoms with Gasteiger partial charge in [0.15, 0.2) is 5.82 Å². The molecule has 3 nitrogen and oxygen atoms in total. The topological polar surface area (TPSA) is 30.7 Å². The fraction of sp³-hybridized carbons (Fsp3) is 0.0545. The summed E-state index contributed by atoms with van der Waals surface area (Å²) >= 11 is 0. The van der Waals surface area contributed by atoms with Gasteiger partial charge in [0.25, 0.3) is 0 Å². The quantitative estimate of drug-likeness (QED) is 0.170. The Balaban J connectivity index is 1.13. The molecule has 0 fully saturated rings. The first kappa shape index (κ1) is 33.9. The van der Waals surface area contributed by atoms with Crippen molar-refractivity contribution in [1.82, 2.24) is 14.5 Å².